The molecule has 0 unspecified atom stereocenters. The summed E-state index contributed by atoms with van der Waals surface area (Å²) in [7, 11) is 0. The first-order valence-corrected chi connectivity index (χ1v) is 5.19. The summed E-state index contributed by atoms with van der Waals surface area (Å²) in [4.78, 5) is 14.6. The van der Waals surface area contributed by atoms with Crippen LogP contribution in [0.5, 0.6) is 0 Å². The van der Waals surface area contributed by atoms with Gasteiger partial charge in [0, 0.05) is 4.75 Å². The smallest absolute Gasteiger partial charge is 0.338 e. The minimum Gasteiger partial charge on any atom is -0.478 e. The molecular weight excluding hydrogens is 217 g/mol. The molecule has 0 spiro atoms. The van der Waals surface area contributed by atoms with Crippen molar-refractivity contribution in [2.75, 3.05) is 0 Å². The minimum absolute atomic E-state index is 0.0880. The molecule has 0 saturated carbocycles. The van der Waals surface area contributed by atoms with Crippen LogP contribution >= 0.6 is 11.8 Å². The zero-order valence-corrected chi connectivity index (χ0v) is 9.56. The number of aromatic carboxylic acids is 1. The Morgan fingerprint density at radius 2 is 2.13 bits per heavy atom. The van der Waals surface area contributed by atoms with Gasteiger partial charge in [-0.25, -0.2) is 14.2 Å². The molecule has 3 nitrogen and oxygen atoms in total. The predicted octanol–water partition coefficient (Wildman–Crippen LogP) is 2.81. The summed E-state index contributed by atoms with van der Waals surface area (Å²) in [6.07, 6.45) is 1.03. The van der Waals surface area contributed by atoms with Gasteiger partial charge in [-0.05, 0) is 6.07 Å². The molecule has 15 heavy (non-hydrogen) atoms. The summed E-state index contributed by atoms with van der Waals surface area (Å²) in [5.74, 6) is -1.79. The number of hydrogen-bond donors (Lipinski definition) is 1. The maximum Gasteiger partial charge on any atom is 0.338 e. The number of pyridine rings is 1. The molecule has 82 valence electrons. The molecule has 5 heteroatoms. The summed E-state index contributed by atoms with van der Waals surface area (Å²) < 4.78 is 12.6. The van der Waals surface area contributed by atoms with E-state index in [1.54, 1.807) is 0 Å². The number of hydrogen-bond acceptors (Lipinski definition) is 3. The van der Waals surface area contributed by atoms with E-state index in [1.807, 2.05) is 20.8 Å². The summed E-state index contributed by atoms with van der Waals surface area (Å²) >= 11 is 1.31. The molecule has 0 fully saturated rings. The highest BCUT2D eigenvalue weighted by Gasteiger charge is 2.19. The second-order valence-corrected chi connectivity index (χ2v) is 5.84. The zero-order valence-electron chi connectivity index (χ0n) is 8.74. The fourth-order valence-electron chi connectivity index (χ4n) is 0.951. The average molecular weight is 229 g/mol. The van der Waals surface area contributed by atoms with Crippen LogP contribution in [-0.2, 0) is 0 Å². The Hall–Kier alpha value is -1.10. The topological polar surface area (TPSA) is 50.2 Å². The Balaban J connectivity index is 3.12. The van der Waals surface area contributed by atoms with Crippen LogP contribution in [0.15, 0.2) is 17.3 Å². The minimum atomic E-state index is -1.16. The van der Waals surface area contributed by atoms with Crippen molar-refractivity contribution in [1.29, 1.82) is 0 Å². The van der Waals surface area contributed by atoms with E-state index < -0.39 is 11.8 Å². The van der Waals surface area contributed by atoms with Crippen molar-refractivity contribution >= 4 is 17.7 Å². The molecule has 0 aliphatic carbocycles. The van der Waals surface area contributed by atoms with E-state index in [0.29, 0.717) is 5.03 Å². The molecule has 0 bridgehead atoms. The number of nitrogens with zero attached hydrogens (tertiary/aromatic N) is 1. The lowest BCUT2D eigenvalue weighted by molar-refractivity contribution is 0.0691. The lowest BCUT2D eigenvalue weighted by atomic mass is 10.3. The van der Waals surface area contributed by atoms with Gasteiger partial charge in [0.2, 0.25) is 0 Å². The Morgan fingerprint density at radius 1 is 1.53 bits per heavy atom. The third-order valence-electron chi connectivity index (χ3n) is 1.45. The van der Waals surface area contributed by atoms with Crippen molar-refractivity contribution in [1.82, 2.24) is 4.98 Å². The van der Waals surface area contributed by atoms with E-state index in [-0.39, 0.29) is 10.3 Å². The van der Waals surface area contributed by atoms with Crippen molar-refractivity contribution < 1.29 is 14.3 Å². The maximum absolute atomic E-state index is 12.8. The standard InChI is InChI=1S/C10H12FNO2S/c1-10(2,3)15-8-7(9(13)14)4-6(11)5-12-8/h4-5H,1-3H3,(H,13,14). The van der Waals surface area contributed by atoms with Gasteiger partial charge in [-0.15, -0.1) is 0 Å². The van der Waals surface area contributed by atoms with E-state index >= 15 is 0 Å². The van der Waals surface area contributed by atoms with Crippen molar-refractivity contribution in [2.24, 2.45) is 0 Å². The van der Waals surface area contributed by atoms with Crippen LogP contribution in [0.25, 0.3) is 0 Å². The molecular formula is C10H12FNO2S. The van der Waals surface area contributed by atoms with Gasteiger partial charge < -0.3 is 5.11 Å². The maximum atomic E-state index is 12.8. The first kappa shape index (κ1) is 12.0. The fourth-order valence-corrected chi connectivity index (χ4v) is 1.89. The van der Waals surface area contributed by atoms with Gasteiger partial charge in [0.25, 0.3) is 0 Å². The Morgan fingerprint density at radius 3 is 2.60 bits per heavy atom. The Labute approximate surface area is 91.7 Å². The fraction of sp³-hybridized carbons (Fsp3) is 0.400. The molecule has 0 aromatic carbocycles. The summed E-state index contributed by atoms with van der Waals surface area (Å²) in [5.41, 5.74) is -0.0880. The molecule has 1 aromatic rings. The normalized spacial score (nSPS) is 11.5. The number of halogens is 1. The van der Waals surface area contributed by atoms with Crippen molar-refractivity contribution in [3.05, 3.63) is 23.6 Å². The number of carbonyl (C=O) groups is 1. The van der Waals surface area contributed by atoms with E-state index in [2.05, 4.69) is 4.98 Å². The zero-order chi connectivity index (χ0) is 11.6. The molecule has 0 saturated heterocycles. The number of aromatic nitrogens is 1. The highest BCUT2D eigenvalue weighted by Crippen LogP contribution is 2.32. The molecule has 1 aromatic heterocycles. The van der Waals surface area contributed by atoms with E-state index in [0.717, 1.165) is 12.3 Å². The average Bonchev–Trinajstić information content (AvgIpc) is 2.05. The number of rotatable bonds is 2. The van der Waals surface area contributed by atoms with Crippen molar-refractivity contribution in [3.8, 4) is 0 Å². The van der Waals surface area contributed by atoms with Gasteiger partial charge in [-0.2, -0.15) is 0 Å². The number of thioether (sulfide) groups is 1. The SMILES string of the molecule is CC(C)(C)Sc1ncc(F)cc1C(=O)O. The van der Waals surface area contributed by atoms with E-state index in [1.165, 1.54) is 11.8 Å². The van der Waals surface area contributed by atoms with E-state index in [4.69, 9.17) is 5.11 Å². The quantitative estimate of drug-likeness (QED) is 0.792. The first-order valence-electron chi connectivity index (χ1n) is 4.37. The van der Waals surface area contributed by atoms with Gasteiger partial charge in [-0.3, -0.25) is 0 Å². The van der Waals surface area contributed by atoms with Crippen LogP contribution < -0.4 is 0 Å². The molecule has 0 aliphatic heterocycles. The third kappa shape index (κ3) is 3.51. The van der Waals surface area contributed by atoms with Crippen LogP contribution in [0.2, 0.25) is 0 Å². The van der Waals surface area contributed by atoms with E-state index in [9.17, 15) is 9.18 Å². The molecule has 0 radical (unpaired) electrons. The largest absolute Gasteiger partial charge is 0.478 e. The van der Waals surface area contributed by atoms with Gasteiger partial charge in [-0.1, -0.05) is 32.5 Å². The second kappa shape index (κ2) is 4.18. The summed E-state index contributed by atoms with van der Waals surface area (Å²) in [5, 5.41) is 9.21. The molecule has 0 aliphatic rings. The number of carboxylic acids is 1. The second-order valence-electron chi connectivity index (χ2n) is 4.03. The first-order chi connectivity index (χ1) is 6.79. The summed E-state index contributed by atoms with van der Waals surface area (Å²) in [6, 6.07) is 0.989. The van der Waals surface area contributed by atoms with Gasteiger partial charge in [0.1, 0.15) is 10.8 Å². The summed E-state index contributed by atoms with van der Waals surface area (Å²) in [6.45, 7) is 5.82. The molecule has 1 N–H and O–H groups in total. The Bertz CT molecular complexity index is 387. The predicted molar refractivity (Wildman–Crippen MR) is 56.8 cm³/mol. The monoisotopic (exact) mass is 229 g/mol. The van der Waals surface area contributed by atoms with Crippen molar-refractivity contribution in [3.63, 3.8) is 0 Å². The third-order valence-corrected chi connectivity index (χ3v) is 2.58. The number of carboxylic acid groups (broad SMARTS) is 1. The van der Waals surface area contributed by atoms with Gasteiger partial charge >= 0.3 is 5.97 Å². The molecule has 1 heterocycles. The highest BCUT2D eigenvalue weighted by atomic mass is 32.2. The van der Waals surface area contributed by atoms with Crippen LogP contribution in [0.1, 0.15) is 31.1 Å². The van der Waals surface area contributed by atoms with Crippen LogP contribution in [-0.4, -0.2) is 20.8 Å². The lowest BCUT2D eigenvalue weighted by Crippen LogP contribution is -2.10. The van der Waals surface area contributed by atoms with Crippen LogP contribution in [0, 0.1) is 5.82 Å². The Kier molecular flexibility index (Phi) is 3.34. The van der Waals surface area contributed by atoms with Crippen LogP contribution in [0.3, 0.4) is 0 Å². The van der Waals surface area contributed by atoms with Gasteiger partial charge in [0.05, 0.1) is 11.8 Å². The van der Waals surface area contributed by atoms with Crippen LogP contribution in [0.4, 0.5) is 4.39 Å². The van der Waals surface area contributed by atoms with Crippen molar-refractivity contribution in [2.45, 2.75) is 30.5 Å². The highest BCUT2D eigenvalue weighted by molar-refractivity contribution is 8.00. The molecule has 1 rings (SSSR count). The molecule has 0 amide bonds. The molecule has 0 atom stereocenters. The van der Waals surface area contributed by atoms with Gasteiger partial charge in [0.15, 0.2) is 0 Å². The lowest BCUT2D eigenvalue weighted by Gasteiger charge is -2.17.